The van der Waals surface area contributed by atoms with Gasteiger partial charge in [0.15, 0.2) is 0 Å². The summed E-state index contributed by atoms with van der Waals surface area (Å²) in [6, 6.07) is 16.6. The third-order valence-electron chi connectivity index (χ3n) is 3.13. The molecule has 0 aliphatic heterocycles. The Morgan fingerprint density at radius 1 is 1.05 bits per heavy atom. The van der Waals surface area contributed by atoms with Crippen LogP contribution in [0.1, 0.15) is 21.5 Å². The first kappa shape index (κ1) is 16.1. The van der Waals surface area contributed by atoms with Crippen LogP contribution in [0.4, 0.5) is 4.79 Å². The zero-order valence-corrected chi connectivity index (χ0v) is 13.4. The van der Waals surface area contributed by atoms with Crippen LogP contribution in [0.3, 0.4) is 0 Å². The molecule has 22 heavy (non-hydrogen) atoms. The average molecular weight is 314 g/mol. The lowest BCUT2D eigenvalue weighted by Crippen LogP contribution is -2.33. The molecule has 114 valence electrons. The fourth-order valence-corrected chi connectivity index (χ4v) is 2.44. The van der Waals surface area contributed by atoms with Crippen molar-refractivity contribution in [1.82, 2.24) is 9.62 Å². The van der Waals surface area contributed by atoms with Crippen LogP contribution in [0.5, 0.6) is 0 Å². The van der Waals surface area contributed by atoms with Gasteiger partial charge in [0.1, 0.15) is 0 Å². The summed E-state index contributed by atoms with van der Waals surface area (Å²) in [5.74, 6) is 0. The smallest absolute Gasteiger partial charge is 0.323 e. The van der Waals surface area contributed by atoms with E-state index in [1.807, 2.05) is 49.4 Å². The van der Waals surface area contributed by atoms with E-state index in [1.165, 1.54) is 4.90 Å². The first-order valence-electron chi connectivity index (χ1n) is 6.89. The van der Waals surface area contributed by atoms with E-state index < -0.39 is 0 Å². The van der Waals surface area contributed by atoms with Gasteiger partial charge in [0.2, 0.25) is 5.12 Å². The summed E-state index contributed by atoms with van der Waals surface area (Å²) in [6.07, 6.45) is 0. The SMILES string of the molecule is Cc1ccc(C(=O)SNC(=O)N(C)Cc2ccccc2)cc1. The molecule has 2 aromatic carbocycles. The predicted octanol–water partition coefficient (Wildman–Crippen LogP) is 3.63. The molecular weight excluding hydrogens is 296 g/mol. The second kappa shape index (κ2) is 7.66. The van der Waals surface area contributed by atoms with E-state index in [4.69, 9.17) is 0 Å². The van der Waals surface area contributed by atoms with Gasteiger partial charge in [-0.3, -0.25) is 9.52 Å². The minimum absolute atomic E-state index is 0.179. The first-order valence-corrected chi connectivity index (χ1v) is 7.71. The van der Waals surface area contributed by atoms with E-state index in [2.05, 4.69) is 4.72 Å². The van der Waals surface area contributed by atoms with E-state index in [9.17, 15) is 9.59 Å². The molecule has 0 spiro atoms. The molecule has 0 saturated carbocycles. The summed E-state index contributed by atoms with van der Waals surface area (Å²) in [5.41, 5.74) is 2.70. The van der Waals surface area contributed by atoms with Crippen LogP contribution in [-0.4, -0.2) is 23.1 Å². The first-order chi connectivity index (χ1) is 10.6. The Bertz CT molecular complexity index is 641. The molecule has 1 N–H and O–H groups in total. The Hall–Kier alpha value is -2.27. The molecule has 2 aromatic rings. The third kappa shape index (κ3) is 4.63. The number of hydrogen-bond donors (Lipinski definition) is 1. The summed E-state index contributed by atoms with van der Waals surface area (Å²) in [7, 11) is 1.69. The minimum Gasteiger partial charge on any atom is -0.323 e. The molecule has 2 rings (SSSR count). The lowest BCUT2D eigenvalue weighted by Gasteiger charge is -2.17. The molecule has 2 amide bonds. The van der Waals surface area contributed by atoms with Gasteiger partial charge in [-0.1, -0.05) is 60.2 Å². The van der Waals surface area contributed by atoms with Gasteiger partial charge in [-0.25, -0.2) is 4.79 Å². The summed E-state index contributed by atoms with van der Waals surface area (Å²) in [6.45, 7) is 2.45. The lowest BCUT2D eigenvalue weighted by atomic mass is 10.2. The van der Waals surface area contributed by atoms with Crippen LogP contribution < -0.4 is 4.72 Å². The zero-order chi connectivity index (χ0) is 15.9. The fraction of sp³-hybridized carbons (Fsp3) is 0.176. The summed E-state index contributed by atoms with van der Waals surface area (Å²) in [5, 5.41) is -0.179. The number of carbonyl (C=O) groups excluding carboxylic acids is 2. The molecule has 0 fully saturated rings. The van der Waals surface area contributed by atoms with E-state index in [0.717, 1.165) is 23.1 Å². The van der Waals surface area contributed by atoms with Crippen molar-refractivity contribution >= 4 is 23.1 Å². The molecular formula is C17H18N2O2S. The number of nitrogens with zero attached hydrogens (tertiary/aromatic N) is 1. The maximum atomic E-state index is 12.0. The van der Waals surface area contributed by atoms with Crippen LogP contribution in [-0.2, 0) is 6.54 Å². The van der Waals surface area contributed by atoms with Gasteiger partial charge in [-0.15, -0.1) is 0 Å². The van der Waals surface area contributed by atoms with Crippen molar-refractivity contribution in [3.05, 3.63) is 71.3 Å². The van der Waals surface area contributed by atoms with Gasteiger partial charge >= 0.3 is 6.03 Å². The molecule has 0 aliphatic carbocycles. The van der Waals surface area contributed by atoms with Crippen LogP contribution >= 0.6 is 11.9 Å². The van der Waals surface area contributed by atoms with Crippen LogP contribution in [0.25, 0.3) is 0 Å². The van der Waals surface area contributed by atoms with Crippen molar-refractivity contribution in [3.63, 3.8) is 0 Å². The average Bonchev–Trinajstić information content (AvgIpc) is 2.53. The second-order valence-electron chi connectivity index (χ2n) is 5.00. The van der Waals surface area contributed by atoms with Crippen molar-refractivity contribution < 1.29 is 9.59 Å². The molecule has 0 bridgehead atoms. The number of urea groups is 1. The van der Waals surface area contributed by atoms with Gasteiger partial charge in [0.25, 0.3) is 0 Å². The van der Waals surface area contributed by atoms with Gasteiger partial charge in [0, 0.05) is 31.1 Å². The van der Waals surface area contributed by atoms with E-state index in [0.29, 0.717) is 12.1 Å². The number of hydrogen-bond acceptors (Lipinski definition) is 3. The minimum atomic E-state index is -0.297. The largest absolute Gasteiger partial charge is 0.327 e. The van der Waals surface area contributed by atoms with Gasteiger partial charge in [0.05, 0.1) is 0 Å². The second-order valence-corrected chi connectivity index (χ2v) is 5.78. The Morgan fingerprint density at radius 2 is 1.68 bits per heavy atom. The normalized spacial score (nSPS) is 10.1. The molecule has 0 aliphatic rings. The molecule has 5 heteroatoms. The maximum absolute atomic E-state index is 12.0. The quantitative estimate of drug-likeness (QED) is 0.880. The Labute approximate surface area is 134 Å². The topological polar surface area (TPSA) is 49.4 Å². The zero-order valence-electron chi connectivity index (χ0n) is 12.6. The molecule has 4 nitrogen and oxygen atoms in total. The lowest BCUT2D eigenvalue weighted by molar-refractivity contribution is 0.108. The number of aryl methyl sites for hydroxylation is 1. The molecule has 0 radical (unpaired) electrons. The highest BCUT2D eigenvalue weighted by molar-refractivity contribution is 8.12. The van der Waals surface area contributed by atoms with Crippen molar-refractivity contribution in [2.75, 3.05) is 7.05 Å². The summed E-state index contributed by atoms with van der Waals surface area (Å²) in [4.78, 5) is 25.5. The summed E-state index contributed by atoms with van der Waals surface area (Å²) >= 11 is 0.802. The molecule has 0 aromatic heterocycles. The van der Waals surface area contributed by atoms with Crippen LogP contribution in [0.15, 0.2) is 54.6 Å². The highest BCUT2D eigenvalue weighted by Gasteiger charge is 2.12. The van der Waals surface area contributed by atoms with Crippen LogP contribution in [0, 0.1) is 6.92 Å². The highest BCUT2D eigenvalue weighted by atomic mass is 32.2. The van der Waals surface area contributed by atoms with Crippen LogP contribution in [0.2, 0.25) is 0 Å². The molecule has 0 saturated heterocycles. The Morgan fingerprint density at radius 3 is 2.32 bits per heavy atom. The maximum Gasteiger partial charge on any atom is 0.327 e. The number of nitrogens with one attached hydrogen (secondary N) is 1. The summed E-state index contributed by atoms with van der Waals surface area (Å²) < 4.78 is 2.57. The Balaban J connectivity index is 1.84. The molecule has 0 heterocycles. The Kier molecular flexibility index (Phi) is 5.61. The number of carbonyl (C=O) groups is 2. The highest BCUT2D eigenvalue weighted by Crippen LogP contribution is 2.11. The number of benzene rings is 2. The van der Waals surface area contributed by atoms with Gasteiger partial charge < -0.3 is 4.90 Å². The molecule has 0 atom stereocenters. The van der Waals surface area contributed by atoms with E-state index in [1.54, 1.807) is 19.2 Å². The van der Waals surface area contributed by atoms with E-state index >= 15 is 0 Å². The number of rotatable bonds is 3. The third-order valence-corrected chi connectivity index (χ3v) is 3.83. The van der Waals surface area contributed by atoms with Gasteiger partial charge in [-0.05, 0) is 12.5 Å². The molecule has 0 unspecified atom stereocenters. The van der Waals surface area contributed by atoms with E-state index in [-0.39, 0.29) is 11.1 Å². The van der Waals surface area contributed by atoms with Crippen molar-refractivity contribution in [1.29, 1.82) is 0 Å². The van der Waals surface area contributed by atoms with Crippen molar-refractivity contribution in [2.45, 2.75) is 13.5 Å². The van der Waals surface area contributed by atoms with Crippen molar-refractivity contribution in [2.24, 2.45) is 0 Å². The van der Waals surface area contributed by atoms with Crippen molar-refractivity contribution in [3.8, 4) is 0 Å². The predicted molar refractivity (Wildman–Crippen MR) is 89.5 cm³/mol. The standard InChI is InChI=1S/C17H18N2O2S/c1-13-8-10-15(11-9-13)16(20)22-18-17(21)19(2)12-14-6-4-3-5-7-14/h3-11H,12H2,1-2H3,(H,18,21). The fourth-order valence-electron chi connectivity index (χ4n) is 1.85. The van der Waals surface area contributed by atoms with Gasteiger partial charge in [-0.2, -0.15) is 0 Å². The number of amides is 2. The monoisotopic (exact) mass is 314 g/mol.